The minimum absolute atomic E-state index is 0.0418. The highest BCUT2D eigenvalue weighted by Gasteiger charge is 2.43. The summed E-state index contributed by atoms with van der Waals surface area (Å²) in [5, 5.41) is 28.8. The number of ether oxygens (including phenoxy) is 1. The van der Waals surface area contributed by atoms with Crippen LogP contribution in [0.4, 0.5) is 5.82 Å². The van der Waals surface area contributed by atoms with Crippen LogP contribution >= 0.6 is 0 Å². The van der Waals surface area contributed by atoms with Gasteiger partial charge in [0.15, 0.2) is 17.7 Å². The molecule has 1 fully saturated rings. The molecule has 2 aromatic rings. The first kappa shape index (κ1) is 17.9. The maximum Gasteiger partial charge on any atom is 0.382 e. The van der Waals surface area contributed by atoms with Crippen molar-refractivity contribution in [3.05, 3.63) is 47.0 Å². The van der Waals surface area contributed by atoms with Crippen molar-refractivity contribution >= 4 is 11.8 Å². The third-order valence-corrected chi connectivity index (χ3v) is 3.64. The monoisotopic (exact) mass is 365 g/mol. The van der Waals surface area contributed by atoms with Crippen LogP contribution in [0.15, 0.2) is 35.6 Å². The summed E-state index contributed by atoms with van der Waals surface area (Å²) in [6.45, 7) is -0.519. The highest BCUT2D eigenvalue weighted by molar-refractivity contribution is 5.87. The van der Waals surface area contributed by atoms with E-state index in [2.05, 4.69) is 20.4 Å². The number of carbonyl (C=O) groups is 1. The van der Waals surface area contributed by atoms with Gasteiger partial charge in [-0.05, 0) is 0 Å². The largest absolute Gasteiger partial charge is 0.394 e. The van der Waals surface area contributed by atoms with Gasteiger partial charge in [-0.1, -0.05) is 0 Å². The molecule has 0 spiro atoms. The summed E-state index contributed by atoms with van der Waals surface area (Å²) in [6, 6.07) is 1.29. The fraction of sp³-hybridized carbons (Fsp3) is 0.357. The van der Waals surface area contributed by atoms with Gasteiger partial charge in [-0.15, -0.1) is 0 Å². The molecule has 0 bridgehead atoms. The Morgan fingerprint density at radius 2 is 2.15 bits per heavy atom. The lowest BCUT2D eigenvalue weighted by atomic mass is 10.1. The van der Waals surface area contributed by atoms with Crippen LogP contribution in [-0.4, -0.2) is 65.7 Å². The van der Waals surface area contributed by atoms with Crippen LogP contribution in [0.5, 0.6) is 0 Å². The van der Waals surface area contributed by atoms with Crippen LogP contribution in [0.3, 0.4) is 0 Å². The summed E-state index contributed by atoms with van der Waals surface area (Å²) < 4.78 is 6.19. The quantitative estimate of drug-likeness (QED) is 0.425. The number of nitrogens with zero attached hydrogens (tertiary/aromatic N) is 4. The molecule has 1 saturated heterocycles. The van der Waals surface area contributed by atoms with Crippen molar-refractivity contribution in [1.29, 1.82) is 0 Å². The number of aliphatic hydroxyl groups excluding tert-OH is 3. The van der Waals surface area contributed by atoms with Gasteiger partial charge < -0.3 is 24.9 Å². The first-order valence-corrected chi connectivity index (χ1v) is 7.46. The smallest absolute Gasteiger partial charge is 0.382 e. The van der Waals surface area contributed by atoms with E-state index >= 15 is 0 Å². The Hall–Kier alpha value is -2.93. The Labute approximate surface area is 145 Å². The first-order chi connectivity index (χ1) is 12.5. The molecule has 0 radical (unpaired) electrons. The van der Waals surface area contributed by atoms with Gasteiger partial charge in [0, 0.05) is 24.7 Å². The Balaban J connectivity index is 1.68. The van der Waals surface area contributed by atoms with E-state index < -0.39 is 42.8 Å². The second-order valence-corrected chi connectivity index (χ2v) is 5.31. The number of carbonyl (C=O) groups excluding carboxylic acids is 1. The minimum atomic E-state index is -1.42. The van der Waals surface area contributed by atoms with Crippen LogP contribution in [0.25, 0.3) is 0 Å². The lowest BCUT2D eigenvalue weighted by Gasteiger charge is -2.17. The van der Waals surface area contributed by atoms with E-state index in [-0.39, 0.29) is 11.5 Å². The van der Waals surface area contributed by atoms with Gasteiger partial charge in [0.1, 0.15) is 18.3 Å². The lowest BCUT2D eigenvalue weighted by Crippen LogP contribution is -2.36. The average Bonchev–Trinajstić information content (AvgIpc) is 2.95. The zero-order valence-electron chi connectivity index (χ0n) is 13.2. The van der Waals surface area contributed by atoms with Crippen LogP contribution in [0.1, 0.15) is 16.7 Å². The van der Waals surface area contributed by atoms with Crippen LogP contribution in [0, 0.1) is 0 Å². The Morgan fingerprint density at radius 3 is 2.77 bits per heavy atom. The number of aromatic nitrogens is 4. The highest BCUT2D eigenvalue weighted by atomic mass is 16.7. The van der Waals surface area contributed by atoms with Gasteiger partial charge in [0.25, 0.3) is 0 Å². The Kier molecular flexibility index (Phi) is 5.18. The average molecular weight is 365 g/mol. The molecule has 12 nitrogen and oxygen atoms in total. The normalized spacial score (nSPS) is 25.0. The molecule has 2 aromatic heterocycles. The topological polar surface area (TPSA) is 169 Å². The molecule has 0 amide bonds. The van der Waals surface area contributed by atoms with E-state index in [1.807, 2.05) is 0 Å². The summed E-state index contributed by atoms with van der Waals surface area (Å²) in [5.74, 6) is -0.900. The molecule has 1 aliphatic heterocycles. The number of anilines is 1. The zero-order valence-corrected chi connectivity index (χ0v) is 13.2. The number of rotatable bonds is 5. The molecule has 0 saturated carbocycles. The summed E-state index contributed by atoms with van der Waals surface area (Å²) in [6.07, 6.45) is 0.152. The predicted octanol–water partition coefficient (Wildman–Crippen LogP) is -2.17. The lowest BCUT2D eigenvalue weighted by molar-refractivity contribution is -0.0549. The van der Waals surface area contributed by atoms with E-state index in [0.29, 0.717) is 0 Å². The van der Waals surface area contributed by atoms with E-state index in [9.17, 15) is 19.8 Å². The van der Waals surface area contributed by atoms with Crippen molar-refractivity contribution in [2.24, 2.45) is 0 Å². The summed E-state index contributed by atoms with van der Waals surface area (Å²) in [4.78, 5) is 39.7. The first-order valence-electron chi connectivity index (χ1n) is 7.46. The van der Waals surface area contributed by atoms with Crippen molar-refractivity contribution in [3.63, 3.8) is 0 Å². The van der Waals surface area contributed by atoms with Crippen molar-refractivity contribution < 1.29 is 29.7 Å². The predicted molar refractivity (Wildman–Crippen MR) is 82.6 cm³/mol. The summed E-state index contributed by atoms with van der Waals surface area (Å²) in [5.41, 5.74) is 1.33. The molecule has 3 heterocycles. The Morgan fingerprint density at radius 1 is 1.35 bits per heavy atom. The molecule has 0 aliphatic carbocycles. The van der Waals surface area contributed by atoms with Crippen LogP contribution in [-0.2, 0) is 9.57 Å². The van der Waals surface area contributed by atoms with Crippen LogP contribution in [0.2, 0.25) is 0 Å². The number of nitrogens with one attached hydrogen (secondary N) is 1. The fourth-order valence-electron chi connectivity index (χ4n) is 2.33. The van der Waals surface area contributed by atoms with Crippen molar-refractivity contribution in [3.8, 4) is 0 Å². The summed E-state index contributed by atoms with van der Waals surface area (Å²) >= 11 is 0. The molecule has 4 N–H and O–H groups in total. The minimum Gasteiger partial charge on any atom is -0.394 e. The maximum atomic E-state index is 12.1. The van der Waals surface area contributed by atoms with Gasteiger partial charge >= 0.3 is 11.7 Å². The molecular weight excluding hydrogens is 350 g/mol. The number of hydrogen-bond donors (Lipinski definition) is 4. The third-order valence-electron chi connectivity index (χ3n) is 3.64. The molecule has 26 heavy (non-hydrogen) atoms. The molecule has 1 aliphatic rings. The van der Waals surface area contributed by atoms with E-state index in [0.717, 1.165) is 4.57 Å². The van der Waals surface area contributed by atoms with Gasteiger partial charge in [-0.25, -0.2) is 14.6 Å². The maximum absolute atomic E-state index is 12.1. The molecule has 3 rings (SSSR count). The second-order valence-electron chi connectivity index (χ2n) is 5.31. The Bertz CT molecular complexity index is 830. The highest BCUT2D eigenvalue weighted by Crippen LogP contribution is 2.28. The van der Waals surface area contributed by atoms with Gasteiger partial charge in [-0.2, -0.15) is 10.5 Å². The van der Waals surface area contributed by atoms with Crippen LogP contribution < -0.4 is 11.2 Å². The number of aliphatic hydroxyl groups is 3. The molecular formula is C14H15N5O7. The standard InChI is InChI=1S/C14H15N5O7/c20-6-8-10(21)11(22)12(25-8)19-4-1-9(17-14(19)24)18-26-13(23)7-5-15-2-3-16-7/h1-5,8,10-12,20-22H,6H2,(H,17,18,24)/t8-,10-,11-,12-/m1/s1. The van der Waals surface area contributed by atoms with Gasteiger partial charge in [-0.3, -0.25) is 9.55 Å². The molecule has 0 unspecified atom stereocenters. The van der Waals surface area contributed by atoms with E-state index in [1.54, 1.807) is 0 Å². The molecule has 12 heteroatoms. The van der Waals surface area contributed by atoms with E-state index in [4.69, 9.17) is 14.7 Å². The van der Waals surface area contributed by atoms with Crippen molar-refractivity contribution in [2.75, 3.05) is 12.1 Å². The van der Waals surface area contributed by atoms with E-state index in [1.165, 1.54) is 30.9 Å². The fourth-order valence-corrected chi connectivity index (χ4v) is 2.33. The third kappa shape index (κ3) is 3.52. The van der Waals surface area contributed by atoms with Gasteiger partial charge in [0.05, 0.1) is 12.8 Å². The van der Waals surface area contributed by atoms with Gasteiger partial charge in [0.2, 0.25) is 0 Å². The zero-order chi connectivity index (χ0) is 18.7. The molecule has 138 valence electrons. The molecule has 4 atom stereocenters. The van der Waals surface area contributed by atoms with Crippen molar-refractivity contribution in [2.45, 2.75) is 24.5 Å². The number of hydrogen-bond acceptors (Lipinski definition) is 11. The SMILES string of the molecule is O=C(ONc1ccn([C@@H]2O[C@H](CO)[C@@H](O)[C@H]2O)c(=O)n1)c1cnccn1. The van der Waals surface area contributed by atoms with Crippen molar-refractivity contribution in [1.82, 2.24) is 19.5 Å². The second kappa shape index (κ2) is 7.53. The summed E-state index contributed by atoms with van der Waals surface area (Å²) in [7, 11) is 0. The molecule has 0 aromatic carbocycles.